The van der Waals surface area contributed by atoms with Gasteiger partial charge in [0.2, 0.25) is 0 Å². The van der Waals surface area contributed by atoms with E-state index in [0.717, 1.165) is 12.1 Å². The lowest BCUT2D eigenvalue weighted by Gasteiger charge is -2.09. The molecule has 0 fully saturated rings. The zero-order chi connectivity index (χ0) is 15.1. The lowest BCUT2D eigenvalue weighted by atomic mass is 10.1. The molecule has 7 heteroatoms. The van der Waals surface area contributed by atoms with E-state index in [1.807, 2.05) is 6.07 Å². The summed E-state index contributed by atoms with van der Waals surface area (Å²) in [5.74, 6) is 0. The molecule has 2 nitrogen and oxygen atoms in total. The van der Waals surface area contributed by atoms with Gasteiger partial charge in [0.15, 0.2) is 0 Å². The minimum Gasteiger partial charge on any atom is -0.336 e. The molecule has 1 aromatic carbocycles. The molecule has 0 saturated carbocycles. The van der Waals surface area contributed by atoms with E-state index in [-0.39, 0.29) is 0 Å². The van der Waals surface area contributed by atoms with Crippen LogP contribution in [-0.2, 0) is 13.2 Å². The van der Waals surface area contributed by atoms with Gasteiger partial charge in [-0.3, -0.25) is 0 Å². The fraction of sp³-hybridized carbons (Fsp3) is 0.154. The van der Waals surface area contributed by atoms with E-state index in [9.17, 15) is 18.4 Å². The van der Waals surface area contributed by atoms with Gasteiger partial charge >= 0.3 is 6.18 Å². The van der Waals surface area contributed by atoms with E-state index in [0.29, 0.717) is 25.9 Å². The molecule has 2 rings (SSSR count). The summed E-state index contributed by atoms with van der Waals surface area (Å²) in [6.07, 6.45) is -4.37. The van der Waals surface area contributed by atoms with Gasteiger partial charge in [0.05, 0.1) is 21.3 Å². The second-order valence-corrected chi connectivity index (χ2v) is 5.62. The molecule has 0 N–H and O–H groups in total. The summed E-state index contributed by atoms with van der Waals surface area (Å²) in [5, 5.41) is 9.19. The Bertz CT molecular complexity index is 694. The second kappa shape index (κ2) is 5.26. The topological polar surface area (TPSA) is 28.7 Å². The summed E-state index contributed by atoms with van der Waals surface area (Å²) in [6, 6.07) is 6.78. The first-order valence-corrected chi connectivity index (χ1v) is 6.97. The molecule has 104 valence electrons. The fourth-order valence-corrected chi connectivity index (χ4v) is 2.80. The largest absolute Gasteiger partial charge is 0.416 e. The maximum atomic E-state index is 12.5. The summed E-state index contributed by atoms with van der Waals surface area (Å²) in [5.41, 5.74) is 0.759. The molecule has 0 atom stereocenters. The van der Waals surface area contributed by atoms with Crippen molar-refractivity contribution in [2.24, 2.45) is 7.05 Å². The highest BCUT2D eigenvalue weighted by molar-refractivity contribution is 9.13. The predicted molar refractivity (Wildman–Crippen MR) is 76.0 cm³/mol. The first-order chi connectivity index (χ1) is 9.27. The molecule has 0 aliphatic rings. The third-order valence-corrected chi connectivity index (χ3v) is 5.10. The summed E-state index contributed by atoms with van der Waals surface area (Å²) >= 11 is 6.61. The van der Waals surface area contributed by atoms with E-state index < -0.39 is 11.7 Å². The molecule has 0 amide bonds. The SMILES string of the molecule is Cn1c(Br)c(Br)c(C#N)c1-c1ccc(C(F)(F)F)cc1. The molecule has 0 aliphatic heterocycles. The molecule has 0 bridgehead atoms. The van der Waals surface area contributed by atoms with E-state index in [1.165, 1.54) is 12.1 Å². The maximum absolute atomic E-state index is 12.5. The number of rotatable bonds is 1. The highest BCUT2D eigenvalue weighted by Gasteiger charge is 2.30. The van der Waals surface area contributed by atoms with Crippen LogP contribution in [0.4, 0.5) is 13.2 Å². The highest BCUT2D eigenvalue weighted by Crippen LogP contribution is 2.38. The molecule has 1 aromatic heterocycles. The maximum Gasteiger partial charge on any atom is 0.416 e. The lowest BCUT2D eigenvalue weighted by molar-refractivity contribution is -0.137. The zero-order valence-corrected chi connectivity index (χ0v) is 13.3. The van der Waals surface area contributed by atoms with Crippen molar-refractivity contribution in [3.63, 3.8) is 0 Å². The predicted octanol–water partition coefficient (Wildman–Crippen LogP) is 5.11. The monoisotopic (exact) mass is 406 g/mol. The standard InChI is InChI=1S/C13H7Br2F3N2/c1-20-11(9(6-19)10(14)12(20)15)7-2-4-8(5-3-7)13(16,17)18/h2-5H,1H3. The zero-order valence-electron chi connectivity index (χ0n) is 10.1. The van der Waals surface area contributed by atoms with Gasteiger partial charge in [-0.15, -0.1) is 0 Å². The van der Waals surface area contributed by atoms with Gasteiger partial charge in [0.1, 0.15) is 10.7 Å². The highest BCUT2D eigenvalue weighted by atomic mass is 79.9. The molecule has 0 saturated heterocycles. The van der Waals surface area contributed by atoms with Crippen molar-refractivity contribution in [3.05, 3.63) is 44.5 Å². The van der Waals surface area contributed by atoms with Gasteiger partial charge in [-0.1, -0.05) is 12.1 Å². The van der Waals surface area contributed by atoms with Gasteiger partial charge in [0.25, 0.3) is 0 Å². The average molecular weight is 408 g/mol. The Morgan fingerprint density at radius 2 is 1.70 bits per heavy atom. The van der Waals surface area contributed by atoms with Gasteiger partial charge in [-0.2, -0.15) is 18.4 Å². The van der Waals surface area contributed by atoms with Crippen molar-refractivity contribution in [2.75, 3.05) is 0 Å². The van der Waals surface area contributed by atoms with E-state index in [1.54, 1.807) is 11.6 Å². The van der Waals surface area contributed by atoms with Crippen LogP contribution in [0.3, 0.4) is 0 Å². The number of alkyl halides is 3. The normalized spacial score (nSPS) is 11.4. The second-order valence-electron chi connectivity index (χ2n) is 4.07. The molecule has 0 radical (unpaired) electrons. The van der Waals surface area contributed by atoms with Crippen LogP contribution in [-0.4, -0.2) is 4.57 Å². The van der Waals surface area contributed by atoms with Crippen molar-refractivity contribution < 1.29 is 13.2 Å². The van der Waals surface area contributed by atoms with Crippen LogP contribution >= 0.6 is 31.9 Å². The van der Waals surface area contributed by atoms with Crippen LogP contribution in [0.2, 0.25) is 0 Å². The van der Waals surface area contributed by atoms with Crippen LogP contribution in [0.5, 0.6) is 0 Å². The fourth-order valence-electron chi connectivity index (χ4n) is 1.88. The molecule has 0 aliphatic carbocycles. The first kappa shape index (κ1) is 15.1. The minimum atomic E-state index is -4.37. The number of hydrogen-bond acceptors (Lipinski definition) is 1. The van der Waals surface area contributed by atoms with Crippen molar-refractivity contribution in [3.8, 4) is 17.3 Å². The Balaban J connectivity index is 2.59. The van der Waals surface area contributed by atoms with Crippen LogP contribution in [0.15, 0.2) is 33.3 Å². The van der Waals surface area contributed by atoms with Crippen LogP contribution in [0, 0.1) is 11.3 Å². The molecular weight excluding hydrogens is 401 g/mol. The van der Waals surface area contributed by atoms with Gasteiger partial charge in [-0.25, -0.2) is 0 Å². The number of benzene rings is 1. The van der Waals surface area contributed by atoms with Crippen molar-refractivity contribution in [1.82, 2.24) is 4.57 Å². The Morgan fingerprint density at radius 3 is 2.15 bits per heavy atom. The number of hydrogen-bond donors (Lipinski definition) is 0. The Labute approximate surface area is 130 Å². The Kier molecular flexibility index (Phi) is 3.98. The van der Waals surface area contributed by atoms with Crippen molar-refractivity contribution in [2.45, 2.75) is 6.18 Å². The summed E-state index contributed by atoms with van der Waals surface area (Å²) in [7, 11) is 1.72. The van der Waals surface area contributed by atoms with Crippen LogP contribution < -0.4 is 0 Å². The Hall–Kier alpha value is -1.26. The van der Waals surface area contributed by atoms with Gasteiger partial charge in [0, 0.05) is 7.05 Å². The van der Waals surface area contributed by atoms with Gasteiger partial charge in [-0.05, 0) is 49.6 Å². The third-order valence-electron chi connectivity index (χ3n) is 2.86. The van der Waals surface area contributed by atoms with E-state index in [2.05, 4.69) is 31.9 Å². The lowest BCUT2D eigenvalue weighted by Crippen LogP contribution is -2.04. The third kappa shape index (κ3) is 2.50. The molecule has 20 heavy (non-hydrogen) atoms. The molecular formula is C13H7Br2F3N2. The summed E-state index contributed by atoms with van der Waals surface area (Å²) in [6.45, 7) is 0. The number of halogens is 5. The average Bonchev–Trinajstić information content (AvgIpc) is 2.62. The summed E-state index contributed by atoms with van der Waals surface area (Å²) < 4.78 is 40.6. The Morgan fingerprint density at radius 1 is 1.15 bits per heavy atom. The number of nitriles is 1. The van der Waals surface area contributed by atoms with Gasteiger partial charge < -0.3 is 4.57 Å². The molecule has 0 spiro atoms. The van der Waals surface area contributed by atoms with Crippen LogP contribution in [0.25, 0.3) is 11.3 Å². The van der Waals surface area contributed by atoms with Crippen LogP contribution in [0.1, 0.15) is 11.1 Å². The molecule has 1 heterocycles. The number of nitrogens with zero attached hydrogens (tertiary/aromatic N) is 2. The van der Waals surface area contributed by atoms with Crippen molar-refractivity contribution in [1.29, 1.82) is 5.26 Å². The van der Waals surface area contributed by atoms with E-state index >= 15 is 0 Å². The smallest absolute Gasteiger partial charge is 0.336 e. The molecule has 0 unspecified atom stereocenters. The van der Waals surface area contributed by atoms with E-state index in [4.69, 9.17) is 0 Å². The van der Waals surface area contributed by atoms with Crippen molar-refractivity contribution >= 4 is 31.9 Å². The number of aromatic nitrogens is 1. The first-order valence-electron chi connectivity index (χ1n) is 5.38. The molecule has 2 aromatic rings. The summed E-state index contributed by atoms with van der Waals surface area (Å²) in [4.78, 5) is 0. The minimum absolute atomic E-state index is 0.374. The quantitative estimate of drug-likeness (QED) is 0.645.